The molecule has 0 radical (unpaired) electrons. The van der Waals surface area contributed by atoms with Gasteiger partial charge in [-0.15, -0.1) is 0 Å². The minimum Gasteiger partial charge on any atom is -0.453 e. The highest BCUT2D eigenvalue weighted by Gasteiger charge is 2.40. The standard InChI is InChI=1S/C42H52N8O7/c1-8-24(2)35(47-41(53)56-6)39(51)50-20-10-12-34(50)38-44-25(3)31(45-38)18-14-27-13-15-29-22-30(17-16-28(29)21-27)32-23-43-37(46-32)33-11-9-19-49(33)40(52)36(26(4)55-5)48-42(54)57-7/h13,15-17,21-24,26,33-36H,8-12,19-20H2,1-7H3,(H,43,46)(H,44,45)(H,47,53)(H,48,54)/t24-,26+,33-,34-,35-,36-/m0/s1. The molecule has 57 heavy (non-hydrogen) atoms. The fraction of sp³-hybridized carbons (Fsp3) is 0.476. The minimum atomic E-state index is -0.903. The van der Waals surface area contributed by atoms with Gasteiger partial charge in [-0.1, -0.05) is 44.4 Å². The van der Waals surface area contributed by atoms with E-state index in [0.717, 1.165) is 65.4 Å². The quantitative estimate of drug-likeness (QED) is 0.142. The first-order valence-corrected chi connectivity index (χ1v) is 19.5. The van der Waals surface area contributed by atoms with Gasteiger partial charge in [0.05, 0.1) is 44.3 Å². The molecule has 2 aromatic carbocycles. The van der Waals surface area contributed by atoms with Crippen molar-refractivity contribution < 1.29 is 33.4 Å². The smallest absolute Gasteiger partial charge is 0.407 e. The van der Waals surface area contributed by atoms with Crippen LogP contribution in [0.1, 0.15) is 93.6 Å². The van der Waals surface area contributed by atoms with E-state index >= 15 is 0 Å². The van der Waals surface area contributed by atoms with Crippen molar-refractivity contribution in [2.75, 3.05) is 34.4 Å². The second-order valence-electron chi connectivity index (χ2n) is 14.7. The van der Waals surface area contributed by atoms with Gasteiger partial charge in [0.1, 0.15) is 29.4 Å². The third kappa shape index (κ3) is 8.91. The van der Waals surface area contributed by atoms with Crippen LogP contribution >= 0.6 is 0 Å². The number of aromatic amines is 2. The van der Waals surface area contributed by atoms with Gasteiger partial charge in [-0.3, -0.25) is 9.59 Å². The molecule has 2 saturated heterocycles. The maximum atomic E-state index is 13.7. The van der Waals surface area contributed by atoms with Crippen molar-refractivity contribution in [3.8, 4) is 23.1 Å². The van der Waals surface area contributed by atoms with Crippen molar-refractivity contribution in [1.29, 1.82) is 0 Å². The van der Waals surface area contributed by atoms with E-state index in [1.807, 2.05) is 51.1 Å². The lowest BCUT2D eigenvalue weighted by atomic mass is 9.97. The normalized spacial score (nSPS) is 18.6. The number of nitrogens with zero attached hydrogens (tertiary/aromatic N) is 4. The summed E-state index contributed by atoms with van der Waals surface area (Å²) in [5, 5.41) is 7.40. The summed E-state index contributed by atoms with van der Waals surface area (Å²) in [6, 6.07) is 10.1. The number of fused-ring (bicyclic) bond motifs is 1. The fourth-order valence-corrected chi connectivity index (χ4v) is 7.60. The van der Waals surface area contributed by atoms with Gasteiger partial charge >= 0.3 is 12.2 Å². The summed E-state index contributed by atoms with van der Waals surface area (Å²) in [7, 11) is 4.04. The van der Waals surface area contributed by atoms with Crippen LogP contribution in [0.4, 0.5) is 9.59 Å². The average Bonchev–Trinajstić information content (AvgIpc) is 4.07. The molecular weight excluding hydrogens is 729 g/mol. The first-order chi connectivity index (χ1) is 27.5. The molecule has 2 fully saturated rings. The number of aryl methyl sites for hydroxylation is 1. The summed E-state index contributed by atoms with van der Waals surface area (Å²) in [5.74, 6) is 7.39. The molecule has 4 N–H and O–H groups in total. The molecule has 0 spiro atoms. The first kappa shape index (κ1) is 40.8. The number of amides is 4. The molecule has 2 aliphatic heterocycles. The van der Waals surface area contributed by atoms with Crippen LogP contribution in [0.15, 0.2) is 42.6 Å². The zero-order valence-electron chi connectivity index (χ0n) is 33.6. The van der Waals surface area contributed by atoms with Gasteiger partial charge in [0.15, 0.2) is 0 Å². The van der Waals surface area contributed by atoms with E-state index < -0.39 is 30.4 Å². The predicted octanol–water partition coefficient (Wildman–Crippen LogP) is 5.52. The number of nitrogens with one attached hydrogen (secondary N) is 4. The van der Waals surface area contributed by atoms with Gasteiger partial charge in [0.2, 0.25) is 11.8 Å². The zero-order valence-corrected chi connectivity index (χ0v) is 33.6. The molecule has 4 heterocycles. The zero-order chi connectivity index (χ0) is 40.8. The Bertz CT molecular complexity index is 2170. The second kappa shape index (κ2) is 17.9. The van der Waals surface area contributed by atoms with Crippen LogP contribution in [0.2, 0.25) is 0 Å². The Labute approximate surface area is 332 Å². The number of imidazole rings is 2. The van der Waals surface area contributed by atoms with Crippen LogP contribution in [0.25, 0.3) is 22.0 Å². The highest BCUT2D eigenvalue weighted by atomic mass is 16.5. The summed E-state index contributed by atoms with van der Waals surface area (Å²) in [6.07, 6.45) is 3.75. The summed E-state index contributed by atoms with van der Waals surface area (Å²) < 4.78 is 14.9. The molecule has 15 heteroatoms. The number of ether oxygens (including phenoxy) is 3. The van der Waals surface area contributed by atoms with Crippen LogP contribution in [0, 0.1) is 24.7 Å². The van der Waals surface area contributed by atoms with Gasteiger partial charge in [-0.05, 0) is 80.3 Å². The maximum absolute atomic E-state index is 13.7. The Hall–Kier alpha value is -5.88. The van der Waals surface area contributed by atoms with E-state index in [4.69, 9.17) is 19.2 Å². The number of carbonyl (C=O) groups is 4. The lowest BCUT2D eigenvalue weighted by Crippen LogP contribution is -2.54. The van der Waals surface area contributed by atoms with E-state index in [2.05, 4.69) is 43.5 Å². The number of H-pyrrole nitrogens is 2. The third-order valence-corrected chi connectivity index (χ3v) is 11.2. The summed E-state index contributed by atoms with van der Waals surface area (Å²) in [5.41, 5.74) is 4.04. The van der Waals surface area contributed by atoms with Gasteiger partial charge in [-0.2, -0.15) is 0 Å². The van der Waals surface area contributed by atoms with Gasteiger partial charge in [0, 0.05) is 37.0 Å². The van der Waals surface area contributed by atoms with E-state index in [0.29, 0.717) is 30.4 Å². The topological polar surface area (TPSA) is 184 Å². The SMILES string of the molecule is CC[C@H](C)[C@H](NC(=O)OC)C(=O)N1CCC[C@H]1c1nc(C#Cc2ccc3cc(-c4cnc([C@@H]5CCCN5C(=O)[C@@H](NC(=O)OC)[C@@H](C)OC)[nH]4)ccc3c2)c(C)[nH]1. The Kier molecular flexibility index (Phi) is 12.8. The molecule has 15 nitrogen and oxygen atoms in total. The molecule has 0 bridgehead atoms. The van der Waals surface area contributed by atoms with Gasteiger partial charge in [-0.25, -0.2) is 19.6 Å². The van der Waals surface area contributed by atoms with E-state index in [1.165, 1.54) is 21.3 Å². The molecule has 6 rings (SSSR count). The first-order valence-electron chi connectivity index (χ1n) is 19.5. The number of carbonyl (C=O) groups excluding carboxylic acids is 4. The summed E-state index contributed by atoms with van der Waals surface area (Å²) in [6.45, 7) is 8.70. The van der Waals surface area contributed by atoms with E-state index in [9.17, 15) is 19.2 Å². The van der Waals surface area contributed by atoms with Crippen LogP contribution < -0.4 is 10.6 Å². The number of hydrogen-bond donors (Lipinski definition) is 4. The van der Waals surface area contributed by atoms with Crippen molar-refractivity contribution in [2.24, 2.45) is 5.92 Å². The summed E-state index contributed by atoms with van der Waals surface area (Å²) in [4.78, 5) is 71.3. The molecule has 0 saturated carbocycles. The van der Waals surface area contributed by atoms with Crippen molar-refractivity contribution in [3.63, 3.8) is 0 Å². The molecular formula is C42H52N8O7. The van der Waals surface area contributed by atoms with Crippen LogP contribution in [0.5, 0.6) is 0 Å². The molecule has 4 aromatic rings. The molecule has 0 aliphatic carbocycles. The molecule has 2 aromatic heterocycles. The largest absolute Gasteiger partial charge is 0.453 e. The van der Waals surface area contributed by atoms with Gasteiger partial charge in [0.25, 0.3) is 0 Å². The van der Waals surface area contributed by atoms with Crippen LogP contribution in [0.3, 0.4) is 0 Å². The second-order valence-corrected chi connectivity index (χ2v) is 14.7. The molecule has 6 atom stereocenters. The van der Waals surface area contributed by atoms with E-state index in [1.54, 1.807) is 22.9 Å². The molecule has 302 valence electrons. The summed E-state index contributed by atoms with van der Waals surface area (Å²) >= 11 is 0. The number of alkyl carbamates (subject to hydrolysis) is 2. The Morgan fingerprint density at radius 1 is 0.842 bits per heavy atom. The fourth-order valence-electron chi connectivity index (χ4n) is 7.60. The third-order valence-electron chi connectivity index (χ3n) is 11.2. The Morgan fingerprint density at radius 2 is 1.46 bits per heavy atom. The highest BCUT2D eigenvalue weighted by molar-refractivity contribution is 5.89. The van der Waals surface area contributed by atoms with Crippen molar-refractivity contribution in [1.82, 2.24) is 40.4 Å². The maximum Gasteiger partial charge on any atom is 0.407 e. The van der Waals surface area contributed by atoms with Crippen molar-refractivity contribution in [2.45, 2.75) is 90.1 Å². The monoisotopic (exact) mass is 780 g/mol. The van der Waals surface area contributed by atoms with Crippen LogP contribution in [-0.4, -0.2) is 106 Å². The average molecular weight is 781 g/mol. The number of likely N-dealkylation sites (tertiary alicyclic amines) is 2. The van der Waals surface area contributed by atoms with E-state index in [-0.39, 0.29) is 29.8 Å². The van der Waals surface area contributed by atoms with Crippen molar-refractivity contribution in [3.05, 3.63) is 71.2 Å². The number of hydrogen-bond acceptors (Lipinski definition) is 9. The number of aromatic nitrogens is 4. The number of methoxy groups -OCH3 is 3. The van der Waals surface area contributed by atoms with Crippen LogP contribution in [-0.2, 0) is 23.8 Å². The lowest BCUT2D eigenvalue weighted by molar-refractivity contribution is -0.137. The molecule has 0 unspecified atom stereocenters. The van der Waals surface area contributed by atoms with Gasteiger partial charge < -0.3 is 44.6 Å². The minimum absolute atomic E-state index is 0.0692. The molecule has 2 aliphatic rings. The molecule has 4 amide bonds. The highest BCUT2D eigenvalue weighted by Crippen LogP contribution is 2.34. The predicted molar refractivity (Wildman–Crippen MR) is 213 cm³/mol. The number of benzene rings is 2. The lowest BCUT2D eigenvalue weighted by Gasteiger charge is -2.30. The Morgan fingerprint density at radius 3 is 2.11 bits per heavy atom. The number of rotatable bonds is 11. The van der Waals surface area contributed by atoms with Crippen molar-refractivity contribution >= 4 is 34.8 Å². The Balaban J connectivity index is 1.15.